The Morgan fingerprint density at radius 2 is 1.30 bits per heavy atom. The highest BCUT2D eigenvalue weighted by atomic mass is 32.3. The van der Waals surface area contributed by atoms with Gasteiger partial charge in [-0.1, -0.05) is 77.6 Å². The summed E-state index contributed by atoms with van der Waals surface area (Å²) >= 11 is 0. The lowest BCUT2D eigenvalue weighted by atomic mass is 10.1. The van der Waals surface area contributed by atoms with Gasteiger partial charge in [0.15, 0.2) is 0 Å². The molecule has 0 atom stereocenters. The highest BCUT2D eigenvalue weighted by molar-refractivity contribution is 7.80. The third kappa shape index (κ3) is 19.3. The summed E-state index contributed by atoms with van der Waals surface area (Å²) in [5.41, 5.74) is 0. The van der Waals surface area contributed by atoms with Gasteiger partial charge < -0.3 is 5.32 Å². The molecule has 0 rings (SSSR count). The summed E-state index contributed by atoms with van der Waals surface area (Å²) < 4.78 is 32.8. The predicted octanol–water partition coefficient (Wildman–Crippen LogP) is 3.62. The van der Waals surface area contributed by atoms with Crippen LogP contribution >= 0.6 is 0 Å². The molecule has 0 radical (unpaired) electrons. The van der Waals surface area contributed by atoms with Gasteiger partial charge in [0.2, 0.25) is 5.91 Å². The lowest BCUT2D eigenvalue weighted by Gasteiger charge is -2.05. The summed E-state index contributed by atoms with van der Waals surface area (Å²) in [5, 5.41) is 2.55. The van der Waals surface area contributed by atoms with E-state index in [4.69, 9.17) is 4.55 Å². The van der Waals surface area contributed by atoms with E-state index in [0.29, 0.717) is 6.54 Å². The van der Waals surface area contributed by atoms with Crippen molar-refractivity contribution in [2.24, 2.45) is 0 Å². The maximum absolute atomic E-state index is 11.2. The molecule has 0 spiro atoms. The summed E-state index contributed by atoms with van der Waals surface area (Å²) in [5.74, 6) is -0.536. The van der Waals surface area contributed by atoms with E-state index >= 15 is 0 Å². The molecule has 2 N–H and O–H groups in total. The maximum atomic E-state index is 11.2. The van der Waals surface area contributed by atoms with Gasteiger partial charge in [-0.05, 0) is 6.42 Å². The monoisotopic (exact) mass is 351 g/mol. The van der Waals surface area contributed by atoms with Gasteiger partial charge >= 0.3 is 10.4 Å². The summed E-state index contributed by atoms with van der Waals surface area (Å²) in [4.78, 5) is 11.2. The number of nitrogens with one attached hydrogen (secondary N) is 1. The van der Waals surface area contributed by atoms with Crippen molar-refractivity contribution >= 4 is 16.3 Å². The molecule has 6 nitrogen and oxygen atoms in total. The first-order chi connectivity index (χ1) is 11.0. The summed E-state index contributed by atoms with van der Waals surface area (Å²) in [6, 6.07) is 0. The van der Waals surface area contributed by atoms with E-state index in [0.717, 1.165) is 19.3 Å². The van der Waals surface area contributed by atoms with Crippen molar-refractivity contribution in [2.45, 2.75) is 84.0 Å². The van der Waals surface area contributed by atoms with Crippen LogP contribution in [0.25, 0.3) is 0 Å². The van der Waals surface area contributed by atoms with Crippen molar-refractivity contribution in [3.63, 3.8) is 0 Å². The zero-order valence-electron chi connectivity index (χ0n) is 14.4. The lowest BCUT2D eigenvalue weighted by molar-refractivity contribution is -0.123. The third-order valence-corrected chi connectivity index (χ3v) is 4.11. The fraction of sp³-hybridized carbons (Fsp3) is 0.938. The number of unbranched alkanes of at least 4 members (excludes halogenated alkanes) is 11. The van der Waals surface area contributed by atoms with Crippen LogP contribution in [0.4, 0.5) is 0 Å². The molecule has 0 unspecified atom stereocenters. The second-order valence-electron chi connectivity index (χ2n) is 5.93. The molecule has 0 aromatic carbocycles. The predicted molar refractivity (Wildman–Crippen MR) is 91.6 cm³/mol. The third-order valence-electron chi connectivity index (χ3n) is 3.69. The van der Waals surface area contributed by atoms with Crippen LogP contribution in [0.2, 0.25) is 0 Å². The van der Waals surface area contributed by atoms with Crippen molar-refractivity contribution in [3.8, 4) is 0 Å². The van der Waals surface area contributed by atoms with E-state index in [1.165, 1.54) is 57.8 Å². The van der Waals surface area contributed by atoms with Crippen LogP contribution in [0.1, 0.15) is 84.0 Å². The fourth-order valence-corrected chi connectivity index (χ4v) is 2.63. The van der Waals surface area contributed by atoms with Crippen LogP contribution in [0.15, 0.2) is 0 Å². The Bertz CT molecular complexity index is 384. The minimum Gasteiger partial charge on any atom is -0.354 e. The Balaban J connectivity index is 3.20. The summed E-state index contributed by atoms with van der Waals surface area (Å²) in [7, 11) is -4.54. The number of hydrogen-bond acceptors (Lipinski definition) is 4. The van der Waals surface area contributed by atoms with Gasteiger partial charge in [-0.15, -0.1) is 0 Å². The zero-order chi connectivity index (χ0) is 17.4. The number of hydrogen-bond donors (Lipinski definition) is 2. The van der Waals surface area contributed by atoms with Gasteiger partial charge in [0, 0.05) is 6.54 Å². The van der Waals surface area contributed by atoms with Gasteiger partial charge in [0.05, 0.1) is 0 Å². The van der Waals surface area contributed by atoms with Crippen molar-refractivity contribution < 1.29 is 21.9 Å². The molecule has 0 aromatic heterocycles. The van der Waals surface area contributed by atoms with E-state index in [2.05, 4.69) is 16.4 Å². The minimum absolute atomic E-state index is 0.505. The fourth-order valence-electron chi connectivity index (χ4n) is 2.37. The van der Waals surface area contributed by atoms with Crippen LogP contribution in [-0.4, -0.2) is 32.0 Å². The van der Waals surface area contributed by atoms with Gasteiger partial charge in [0.25, 0.3) is 0 Å². The molecule has 0 saturated carbocycles. The topological polar surface area (TPSA) is 92.7 Å². The molecule has 0 saturated heterocycles. The van der Waals surface area contributed by atoms with Crippen LogP contribution in [0.3, 0.4) is 0 Å². The van der Waals surface area contributed by atoms with E-state index in [-0.39, 0.29) is 0 Å². The average molecular weight is 352 g/mol. The van der Waals surface area contributed by atoms with Crippen molar-refractivity contribution in [1.82, 2.24) is 5.32 Å². The van der Waals surface area contributed by atoms with Gasteiger partial charge in [-0.25, -0.2) is 4.18 Å². The van der Waals surface area contributed by atoms with Gasteiger partial charge in [-0.3, -0.25) is 9.35 Å². The zero-order valence-corrected chi connectivity index (χ0v) is 15.2. The first kappa shape index (κ1) is 22.3. The Morgan fingerprint density at radius 3 is 1.74 bits per heavy atom. The van der Waals surface area contributed by atoms with E-state index < -0.39 is 22.9 Å². The second-order valence-corrected chi connectivity index (χ2v) is 7.02. The van der Waals surface area contributed by atoms with Crippen LogP contribution in [-0.2, 0) is 19.4 Å². The molecule has 0 bridgehead atoms. The first-order valence-electron chi connectivity index (χ1n) is 8.84. The van der Waals surface area contributed by atoms with Crippen LogP contribution in [0.5, 0.6) is 0 Å². The molecule has 0 aromatic rings. The molecule has 0 aliphatic heterocycles. The van der Waals surface area contributed by atoms with Gasteiger partial charge in [0.1, 0.15) is 6.61 Å². The Morgan fingerprint density at radius 1 is 0.870 bits per heavy atom. The largest absolute Gasteiger partial charge is 0.397 e. The minimum atomic E-state index is -4.54. The Kier molecular flexibility index (Phi) is 14.5. The molecule has 138 valence electrons. The maximum Gasteiger partial charge on any atom is 0.397 e. The second kappa shape index (κ2) is 14.9. The molecular weight excluding hydrogens is 318 g/mol. The lowest BCUT2D eigenvalue weighted by Crippen LogP contribution is -2.29. The van der Waals surface area contributed by atoms with Gasteiger partial charge in [-0.2, -0.15) is 8.42 Å². The number of carbonyl (C=O) groups is 1. The van der Waals surface area contributed by atoms with Crippen LogP contribution < -0.4 is 5.32 Å². The molecular formula is C16H33NO5S. The SMILES string of the molecule is CCCCCCCCCCCCCCNC(=O)COS(=O)(=O)O. The first-order valence-corrected chi connectivity index (χ1v) is 10.2. The van der Waals surface area contributed by atoms with E-state index in [9.17, 15) is 13.2 Å². The van der Waals surface area contributed by atoms with Crippen molar-refractivity contribution in [2.75, 3.05) is 13.2 Å². The number of amides is 1. The smallest absolute Gasteiger partial charge is 0.354 e. The normalized spacial score (nSPS) is 11.6. The standard InChI is InChI=1S/C16H33NO5S/c1-2-3-4-5-6-7-8-9-10-11-12-13-14-17-16(18)15-22-23(19,20)21/h2-15H2,1H3,(H,17,18)(H,19,20,21). The molecule has 1 amide bonds. The number of carbonyl (C=O) groups excluding carboxylic acids is 1. The van der Waals surface area contributed by atoms with Crippen molar-refractivity contribution in [1.29, 1.82) is 0 Å². The highest BCUT2D eigenvalue weighted by Gasteiger charge is 2.08. The van der Waals surface area contributed by atoms with E-state index in [1.54, 1.807) is 0 Å². The molecule has 0 aliphatic rings. The van der Waals surface area contributed by atoms with Crippen LogP contribution in [0, 0.1) is 0 Å². The highest BCUT2D eigenvalue weighted by Crippen LogP contribution is 2.11. The molecule has 0 aliphatic carbocycles. The Labute approximate surface area is 141 Å². The average Bonchev–Trinajstić information content (AvgIpc) is 2.49. The molecule has 0 fully saturated rings. The van der Waals surface area contributed by atoms with E-state index in [1.807, 2.05) is 0 Å². The number of rotatable bonds is 16. The Hall–Kier alpha value is -0.660. The van der Waals surface area contributed by atoms with Crippen molar-refractivity contribution in [3.05, 3.63) is 0 Å². The summed E-state index contributed by atoms with van der Waals surface area (Å²) in [6.45, 7) is 2.07. The molecule has 23 heavy (non-hydrogen) atoms. The summed E-state index contributed by atoms with van der Waals surface area (Å²) in [6.07, 6.45) is 15.0. The molecule has 0 heterocycles. The quantitative estimate of drug-likeness (QED) is 0.327. The molecule has 7 heteroatoms.